The molecule has 0 atom stereocenters. The molecule has 4 nitrogen and oxygen atoms in total. The SMILES string of the molecule is Cc1ccccc1OCCN(C)C(=O)CCC1CCNCC1. The second kappa shape index (κ2) is 8.79. The largest absolute Gasteiger partial charge is 0.491 e. The Morgan fingerprint density at radius 2 is 2.05 bits per heavy atom. The van der Waals surface area contributed by atoms with Crippen LogP contribution in [0.15, 0.2) is 24.3 Å². The van der Waals surface area contributed by atoms with Crippen LogP contribution in [-0.4, -0.2) is 44.1 Å². The lowest BCUT2D eigenvalue weighted by Gasteiger charge is -2.23. The Labute approximate surface area is 133 Å². The Kier molecular flexibility index (Phi) is 6.72. The quantitative estimate of drug-likeness (QED) is 0.842. The predicted octanol–water partition coefficient (Wildman–Crippen LogP) is 2.61. The monoisotopic (exact) mass is 304 g/mol. The van der Waals surface area contributed by atoms with Crippen molar-refractivity contribution in [2.75, 3.05) is 33.3 Å². The number of amides is 1. The molecule has 122 valence electrons. The number of nitrogens with one attached hydrogen (secondary N) is 1. The number of carbonyl (C=O) groups excluding carboxylic acids is 1. The topological polar surface area (TPSA) is 41.6 Å². The van der Waals surface area contributed by atoms with Gasteiger partial charge >= 0.3 is 0 Å². The number of benzene rings is 1. The molecule has 0 unspecified atom stereocenters. The molecule has 1 saturated heterocycles. The van der Waals surface area contributed by atoms with Crippen LogP contribution in [0.25, 0.3) is 0 Å². The summed E-state index contributed by atoms with van der Waals surface area (Å²) in [5, 5.41) is 3.36. The van der Waals surface area contributed by atoms with Gasteiger partial charge < -0.3 is 15.0 Å². The van der Waals surface area contributed by atoms with Gasteiger partial charge in [-0.15, -0.1) is 0 Å². The molecule has 1 aliphatic rings. The molecular weight excluding hydrogens is 276 g/mol. The van der Waals surface area contributed by atoms with E-state index in [0.29, 0.717) is 25.5 Å². The van der Waals surface area contributed by atoms with Crippen molar-refractivity contribution in [3.63, 3.8) is 0 Å². The summed E-state index contributed by atoms with van der Waals surface area (Å²) >= 11 is 0. The van der Waals surface area contributed by atoms with Crippen LogP contribution in [0, 0.1) is 12.8 Å². The van der Waals surface area contributed by atoms with E-state index in [0.717, 1.165) is 30.8 Å². The highest BCUT2D eigenvalue weighted by atomic mass is 16.5. The lowest BCUT2D eigenvalue weighted by Crippen LogP contribution is -2.32. The maximum absolute atomic E-state index is 12.1. The van der Waals surface area contributed by atoms with Gasteiger partial charge in [0.2, 0.25) is 5.91 Å². The number of nitrogens with zero attached hydrogens (tertiary/aromatic N) is 1. The molecule has 1 aromatic carbocycles. The lowest BCUT2D eigenvalue weighted by atomic mass is 9.93. The van der Waals surface area contributed by atoms with Gasteiger partial charge in [0.25, 0.3) is 0 Å². The van der Waals surface area contributed by atoms with Crippen LogP contribution in [0.5, 0.6) is 5.75 Å². The molecule has 1 amide bonds. The molecule has 0 aliphatic carbocycles. The molecule has 0 spiro atoms. The fraction of sp³-hybridized carbons (Fsp3) is 0.611. The lowest BCUT2D eigenvalue weighted by molar-refractivity contribution is -0.130. The molecule has 1 aromatic rings. The fourth-order valence-electron chi connectivity index (χ4n) is 2.82. The summed E-state index contributed by atoms with van der Waals surface area (Å²) in [6, 6.07) is 7.96. The van der Waals surface area contributed by atoms with Crippen molar-refractivity contribution in [3.05, 3.63) is 29.8 Å². The maximum atomic E-state index is 12.1. The van der Waals surface area contributed by atoms with Crippen molar-refractivity contribution in [1.29, 1.82) is 0 Å². The van der Waals surface area contributed by atoms with Crippen LogP contribution in [-0.2, 0) is 4.79 Å². The molecule has 1 fully saturated rings. The van der Waals surface area contributed by atoms with Gasteiger partial charge in [0.05, 0.1) is 6.54 Å². The third-order valence-electron chi connectivity index (χ3n) is 4.43. The average molecular weight is 304 g/mol. The van der Waals surface area contributed by atoms with E-state index in [1.807, 2.05) is 38.2 Å². The summed E-state index contributed by atoms with van der Waals surface area (Å²) in [6.45, 7) is 5.40. The maximum Gasteiger partial charge on any atom is 0.222 e. The molecular formula is C18H28N2O2. The van der Waals surface area contributed by atoms with Crippen molar-refractivity contribution >= 4 is 5.91 Å². The zero-order valence-corrected chi connectivity index (χ0v) is 13.8. The first-order valence-electron chi connectivity index (χ1n) is 8.30. The molecule has 22 heavy (non-hydrogen) atoms. The predicted molar refractivity (Wildman–Crippen MR) is 89.1 cm³/mol. The van der Waals surface area contributed by atoms with Crippen molar-refractivity contribution in [3.8, 4) is 5.75 Å². The number of likely N-dealkylation sites (N-methyl/N-ethyl adjacent to an activating group) is 1. The second-order valence-corrected chi connectivity index (χ2v) is 6.16. The molecule has 2 rings (SSSR count). The summed E-state index contributed by atoms with van der Waals surface area (Å²) in [5.41, 5.74) is 1.13. The first kappa shape index (κ1) is 16.8. The molecule has 1 heterocycles. The van der Waals surface area contributed by atoms with Gasteiger partial charge in [-0.05, 0) is 56.8 Å². The highest BCUT2D eigenvalue weighted by Crippen LogP contribution is 2.18. The van der Waals surface area contributed by atoms with E-state index < -0.39 is 0 Å². The van der Waals surface area contributed by atoms with Crippen LogP contribution in [0.3, 0.4) is 0 Å². The molecule has 0 saturated carbocycles. The number of hydrogen-bond acceptors (Lipinski definition) is 3. The van der Waals surface area contributed by atoms with Crippen LogP contribution < -0.4 is 10.1 Å². The number of para-hydroxylation sites is 1. The minimum atomic E-state index is 0.229. The van der Waals surface area contributed by atoms with E-state index in [4.69, 9.17) is 4.74 Å². The first-order valence-corrected chi connectivity index (χ1v) is 8.30. The van der Waals surface area contributed by atoms with Crippen molar-refractivity contribution < 1.29 is 9.53 Å². The van der Waals surface area contributed by atoms with Gasteiger partial charge in [-0.25, -0.2) is 0 Å². The standard InChI is InChI=1S/C18H28N2O2/c1-15-5-3-4-6-17(15)22-14-13-20(2)18(21)8-7-16-9-11-19-12-10-16/h3-6,16,19H,7-14H2,1-2H3. The van der Waals surface area contributed by atoms with Gasteiger partial charge in [-0.2, -0.15) is 0 Å². The van der Waals surface area contributed by atoms with Crippen molar-refractivity contribution in [2.24, 2.45) is 5.92 Å². The van der Waals surface area contributed by atoms with Gasteiger partial charge in [-0.1, -0.05) is 18.2 Å². The number of ether oxygens (including phenoxy) is 1. The summed E-state index contributed by atoms with van der Waals surface area (Å²) in [4.78, 5) is 13.9. The van der Waals surface area contributed by atoms with E-state index >= 15 is 0 Å². The van der Waals surface area contributed by atoms with Crippen molar-refractivity contribution in [1.82, 2.24) is 10.2 Å². The highest BCUT2D eigenvalue weighted by Gasteiger charge is 2.16. The Hall–Kier alpha value is -1.55. The van der Waals surface area contributed by atoms with E-state index in [1.54, 1.807) is 4.90 Å². The third kappa shape index (κ3) is 5.34. The Morgan fingerprint density at radius 3 is 2.77 bits per heavy atom. The molecule has 1 N–H and O–H groups in total. The smallest absolute Gasteiger partial charge is 0.222 e. The molecule has 4 heteroatoms. The molecule has 0 aromatic heterocycles. The number of rotatable bonds is 7. The average Bonchev–Trinajstić information content (AvgIpc) is 2.55. The Balaban J connectivity index is 1.64. The Bertz CT molecular complexity index is 470. The number of piperidine rings is 1. The zero-order valence-electron chi connectivity index (χ0n) is 13.8. The Morgan fingerprint density at radius 1 is 1.32 bits per heavy atom. The minimum Gasteiger partial charge on any atom is -0.491 e. The normalized spacial score (nSPS) is 15.5. The fourth-order valence-corrected chi connectivity index (χ4v) is 2.82. The van der Waals surface area contributed by atoms with E-state index in [-0.39, 0.29) is 5.91 Å². The van der Waals surface area contributed by atoms with Crippen LogP contribution in [0.4, 0.5) is 0 Å². The number of hydrogen-bond donors (Lipinski definition) is 1. The van der Waals surface area contributed by atoms with E-state index in [2.05, 4.69) is 5.32 Å². The zero-order chi connectivity index (χ0) is 15.8. The number of aryl methyl sites for hydroxylation is 1. The minimum absolute atomic E-state index is 0.229. The van der Waals surface area contributed by atoms with Crippen LogP contribution >= 0.6 is 0 Å². The van der Waals surface area contributed by atoms with Gasteiger partial charge in [0, 0.05) is 13.5 Å². The molecule has 1 aliphatic heterocycles. The van der Waals surface area contributed by atoms with E-state index in [1.165, 1.54) is 12.8 Å². The van der Waals surface area contributed by atoms with E-state index in [9.17, 15) is 4.79 Å². The van der Waals surface area contributed by atoms with Crippen LogP contribution in [0.1, 0.15) is 31.2 Å². The summed E-state index contributed by atoms with van der Waals surface area (Å²) in [6.07, 6.45) is 4.08. The summed E-state index contributed by atoms with van der Waals surface area (Å²) < 4.78 is 5.75. The number of carbonyl (C=O) groups is 1. The van der Waals surface area contributed by atoms with Gasteiger partial charge in [0.15, 0.2) is 0 Å². The van der Waals surface area contributed by atoms with Gasteiger partial charge in [0.1, 0.15) is 12.4 Å². The second-order valence-electron chi connectivity index (χ2n) is 6.16. The summed E-state index contributed by atoms with van der Waals surface area (Å²) in [5.74, 6) is 1.84. The third-order valence-corrected chi connectivity index (χ3v) is 4.43. The van der Waals surface area contributed by atoms with Crippen LogP contribution in [0.2, 0.25) is 0 Å². The molecule has 0 bridgehead atoms. The molecule has 0 radical (unpaired) electrons. The van der Waals surface area contributed by atoms with Gasteiger partial charge in [-0.3, -0.25) is 4.79 Å². The van der Waals surface area contributed by atoms with Crippen molar-refractivity contribution in [2.45, 2.75) is 32.6 Å². The summed E-state index contributed by atoms with van der Waals surface area (Å²) in [7, 11) is 1.87. The highest BCUT2D eigenvalue weighted by molar-refractivity contribution is 5.75. The first-order chi connectivity index (χ1) is 10.7.